The molecule has 0 spiro atoms. The minimum atomic E-state index is -1.04. The number of hydrogen-bond acceptors (Lipinski definition) is 4. The van der Waals surface area contributed by atoms with Crippen LogP contribution in [-0.2, 0) is 0 Å². The molecule has 0 aliphatic heterocycles. The second-order valence-electron chi connectivity index (χ2n) is 5.49. The first-order valence-corrected chi connectivity index (χ1v) is 8.19. The van der Waals surface area contributed by atoms with Crippen molar-refractivity contribution in [1.82, 2.24) is 9.55 Å². The van der Waals surface area contributed by atoms with E-state index in [1.165, 1.54) is 10.8 Å². The van der Waals surface area contributed by atoms with Gasteiger partial charge in [-0.25, -0.2) is 18.6 Å². The van der Waals surface area contributed by atoms with Crippen LogP contribution in [0.25, 0.3) is 21.5 Å². The second-order valence-corrected chi connectivity index (χ2v) is 6.49. The van der Waals surface area contributed by atoms with Crippen LogP contribution in [0, 0.1) is 18.3 Å². The van der Waals surface area contributed by atoms with Gasteiger partial charge in [-0.15, -0.1) is 11.3 Å². The summed E-state index contributed by atoms with van der Waals surface area (Å²) >= 11 is 1.04. The number of carboxylic acids is 1. The summed E-state index contributed by atoms with van der Waals surface area (Å²) in [5, 5.41) is 19.5. The number of nitrogens with zero attached hydrogens (tertiary/aromatic N) is 3. The van der Waals surface area contributed by atoms with E-state index < -0.39 is 25.4 Å². The van der Waals surface area contributed by atoms with Crippen LogP contribution in [0.1, 0.15) is 27.0 Å². The van der Waals surface area contributed by atoms with E-state index >= 15 is 0 Å². The fourth-order valence-electron chi connectivity index (χ4n) is 2.69. The molecule has 0 aliphatic rings. The maximum absolute atomic E-state index is 13.0. The van der Waals surface area contributed by atoms with Crippen LogP contribution >= 0.6 is 11.3 Å². The van der Waals surface area contributed by atoms with Crippen LogP contribution in [-0.4, -0.2) is 34.0 Å². The molecule has 0 fully saturated rings. The molecular weight excluding hydrogens is 348 g/mol. The first-order chi connectivity index (χ1) is 12.0. The molecule has 0 radical (unpaired) electrons. The van der Waals surface area contributed by atoms with E-state index in [2.05, 4.69) is 4.98 Å². The first kappa shape index (κ1) is 17.0. The molecule has 0 saturated heterocycles. The third kappa shape index (κ3) is 2.87. The van der Waals surface area contributed by atoms with Gasteiger partial charge in [-0.1, -0.05) is 0 Å². The lowest BCUT2D eigenvalue weighted by Crippen LogP contribution is -2.11. The van der Waals surface area contributed by atoms with Gasteiger partial charge in [-0.2, -0.15) is 5.26 Å². The van der Waals surface area contributed by atoms with E-state index in [0.717, 1.165) is 11.3 Å². The number of halogens is 2. The predicted molar refractivity (Wildman–Crippen MR) is 90.4 cm³/mol. The predicted octanol–water partition coefficient (Wildman–Crippen LogP) is 4.12. The number of carbonyl (C=O) groups is 1. The fraction of sp³-hybridized carbons (Fsp3) is 0.235. The fourth-order valence-corrected chi connectivity index (χ4v) is 3.59. The van der Waals surface area contributed by atoms with Gasteiger partial charge >= 0.3 is 5.97 Å². The topological polar surface area (TPSA) is 78.9 Å². The van der Waals surface area contributed by atoms with Gasteiger partial charge in [0.15, 0.2) is 0 Å². The van der Waals surface area contributed by atoms with Gasteiger partial charge in [-0.05, 0) is 25.1 Å². The first-order valence-electron chi connectivity index (χ1n) is 7.37. The molecule has 0 aliphatic carbocycles. The highest BCUT2D eigenvalue weighted by Crippen LogP contribution is 2.33. The summed E-state index contributed by atoms with van der Waals surface area (Å²) < 4.78 is 27.5. The normalized spacial score (nSPS) is 11.2. The number of fused-ring (bicyclic) bond motifs is 1. The van der Waals surface area contributed by atoms with Crippen molar-refractivity contribution in [2.24, 2.45) is 0 Å². The molecule has 128 valence electrons. The van der Waals surface area contributed by atoms with Crippen LogP contribution in [0.3, 0.4) is 0 Å². The SMILES string of the molecule is Cc1nc(-c2ccc3c(c2)c(C#N)cn3C(CF)CF)sc1C(=O)O. The Balaban J connectivity index is 2.16. The Morgan fingerprint density at radius 2 is 2.16 bits per heavy atom. The van der Waals surface area contributed by atoms with Gasteiger partial charge in [-0.3, -0.25) is 0 Å². The van der Waals surface area contributed by atoms with E-state index in [1.54, 1.807) is 25.1 Å². The van der Waals surface area contributed by atoms with Crippen LogP contribution in [0.2, 0.25) is 0 Å². The Bertz CT molecular complexity index is 999. The molecule has 25 heavy (non-hydrogen) atoms. The molecule has 0 saturated carbocycles. The molecule has 2 heterocycles. The number of alkyl halides is 2. The number of nitriles is 1. The molecule has 5 nitrogen and oxygen atoms in total. The van der Waals surface area contributed by atoms with Crippen molar-refractivity contribution in [3.63, 3.8) is 0 Å². The van der Waals surface area contributed by atoms with Crippen molar-refractivity contribution in [3.8, 4) is 16.6 Å². The van der Waals surface area contributed by atoms with Crippen LogP contribution in [0.15, 0.2) is 24.4 Å². The average molecular weight is 361 g/mol. The minimum Gasteiger partial charge on any atom is -0.477 e. The molecule has 8 heteroatoms. The number of aryl methyl sites for hydroxylation is 1. The zero-order valence-corrected chi connectivity index (χ0v) is 14.0. The van der Waals surface area contributed by atoms with Crippen molar-refractivity contribution in [3.05, 3.63) is 40.5 Å². The van der Waals surface area contributed by atoms with Crippen molar-refractivity contribution in [2.45, 2.75) is 13.0 Å². The third-order valence-electron chi connectivity index (χ3n) is 3.94. The monoisotopic (exact) mass is 361 g/mol. The Morgan fingerprint density at radius 1 is 1.44 bits per heavy atom. The molecule has 1 aromatic carbocycles. The van der Waals surface area contributed by atoms with E-state index in [9.17, 15) is 18.8 Å². The summed E-state index contributed by atoms with van der Waals surface area (Å²) in [6, 6.07) is 6.12. The molecule has 3 rings (SSSR count). The van der Waals surface area contributed by atoms with E-state index in [4.69, 9.17) is 5.11 Å². The standard InChI is InChI=1S/C17H13F2N3O2S/c1-9-15(17(23)24)25-16(21-9)10-2-3-14-13(4-10)11(7-20)8-22(14)12(5-18)6-19/h2-4,8,12H,5-6H2,1H3,(H,23,24). The second kappa shape index (κ2) is 6.61. The lowest BCUT2D eigenvalue weighted by molar-refractivity contribution is 0.0701. The summed E-state index contributed by atoms with van der Waals surface area (Å²) in [5.41, 5.74) is 1.92. The summed E-state index contributed by atoms with van der Waals surface area (Å²) in [6.45, 7) is -0.132. The zero-order valence-electron chi connectivity index (χ0n) is 13.2. The summed E-state index contributed by atoms with van der Waals surface area (Å²) in [5.74, 6) is -1.04. The van der Waals surface area contributed by atoms with Crippen molar-refractivity contribution in [2.75, 3.05) is 13.3 Å². The third-order valence-corrected chi connectivity index (χ3v) is 5.14. The number of hydrogen-bond donors (Lipinski definition) is 1. The Hall–Kier alpha value is -2.79. The number of aromatic nitrogens is 2. The summed E-state index contributed by atoms with van der Waals surface area (Å²) in [7, 11) is 0. The minimum absolute atomic E-state index is 0.156. The van der Waals surface area contributed by atoms with Gasteiger partial charge in [0.2, 0.25) is 0 Å². The maximum atomic E-state index is 13.0. The van der Waals surface area contributed by atoms with E-state index in [1.807, 2.05) is 6.07 Å². The lowest BCUT2D eigenvalue weighted by atomic mass is 10.1. The average Bonchev–Trinajstić information content (AvgIpc) is 3.17. The van der Waals surface area contributed by atoms with Gasteiger partial charge in [0.1, 0.15) is 29.3 Å². The Kier molecular flexibility index (Phi) is 4.51. The Morgan fingerprint density at radius 3 is 2.72 bits per heavy atom. The number of rotatable bonds is 5. The van der Waals surface area contributed by atoms with Gasteiger partial charge in [0.25, 0.3) is 0 Å². The van der Waals surface area contributed by atoms with Gasteiger partial charge in [0.05, 0.1) is 17.3 Å². The zero-order chi connectivity index (χ0) is 18.1. The summed E-state index contributed by atoms with van der Waals surface area (Å²) in [4.78, 5) is 15.6. The molecule has 2 aromatic heterocycles. The molecule has 1 N–H and O–H groups in total. The number of aromatic carboxylic acids is 1. The van der Waals surface area contributed by atoms with Crippen LogP contribution in [0.5, 0.6) is 0 Å². The molecule has 3 aromatic rings. The largest absolute Gasteiger partial charge is 0.477 e. The van der Waals surface area contributed by atoms with Gasteiger partial charge < -0.3 is 9.67 Å². The molecule has 0 amide bonds. The molecular formula is C17H13F2N3O2S. The van der Waals surface area contributed by atoms with Crippen molar-refractivity contribution in [1.29, 1.82) is 5.26 Å². The van der Waals surface area contributed by atoms with Crippen LogP contribution < -0.4 is 0 Å². The smallest absolute Gasteiger partial charge is 0.347 e. The highest BCUT2D eigenvalue weighted by Gasteiger charge is 2.19. The van der Waals surface area contributed by atoms with Crippen LogP contribution in [0.4, 0.5) is 8.78 Å². The highest BCUT2D eigenvalue weighted by atomic mass is 32.1. The Labute approximate surface area is 145 Å². The number of carboxylic acid groups (broad SMARTS) is 1. The quantitative estimate of drug-likeness (QED) is 0.741. The van der Waals surface area contributed by atoms with Gasteiger partial charge in [0, 0.05) is 22.7 Å². The lowest BCUT2D eigenvalue weighted by Gasteiger charge is -2.12. The number of thiazole rings is 1. The van der Waals surface area contributed by atoms with E-state index in [0.29, 0.717) is 32.7 Å². The molecule has 0 unspecified atom stereocenters. The molecule has 0 atom stereocenters. The summed E-state index contributed by atoms with van der Waals surface area (Å²) in [6.07, 6.45) is 1.44. The van der Waals surface area contributed by atoms with Crippen molar-refractivity contribution >= 4 is 28.2 Å². The number of benzene rings is 1. The van der Waals surface area contributed by atoms with E-state index in [-0.39, 0.29) is 4.88 Å². The van der Waals surface area contributed by atoms with Crippen molar-refractivity contribution < 1.29 is 18.7 Å². The maximum Gasteiger partial charge on any atom is 0.347 e. The molecule has 0 bridgehead atoms. The highest BCUT2D eigenvalue weighted by molar-refractivity contribution is 7.17.